The van der Waals surface area contributed by atoms with E-state index < -0.39 is 0 Å². The van der Waals surface area contributed by atoms with Crippen molar-refractivity contribution in [1.29, 1.82) is 0 Å². The molecule has 6 heavy (non-hydrogen) atoms. The maximum Gasteiger partial charge on any atom is 3.00 e. The zero-order valence-corrected chi connectivity index (χ0v) is 10.0. The van der Waals surface area contributed by atoms with Crippen LogP contribution in [0.4, 0.5) is 0 Å². The molecule has 0 atom stereocenters. The van der Waals surface area contributed by atoms with Gasteiger partial charge in [0.15, 0.2) is 0 Å². The molecule has 0 aromatic carbocycles. The van der Waals surface area contributed by atoms with Crippen LogP contribution < -0.4 is 66.8 Å². The number of hydrogen-bond acceptors (Lipinski definition) is 0. The quantitative estimate of drug-likeness (QED) is 0.388. The van der Waals surface area contributed by atoms with E-state index in [4.69, 9.17) is 0 Å². The summed E-state index contributed by atoms with van der Waals surface area (Å²) in [6.45, 7) is 0. The second-order valence-corrected chi connectivity index (χ2v) is 0. The normalized spacial score (nSPS) is 0. The van der Waals surface area contributed by atoms with Crippen LogP contribution in [0.25, 0.3) is 0 Å². The second-order valence-electron chi connectivity index (χ2n) is 0. The van der Waals surface area contributed by atoms with E-state index in [9.17, 15) is 0 Å². The van der Waals surface area contributed by atoms with Gasteiger partial charge in [-0.05, 0) is 0 Å². The van der Waals surface area contributed by atoms with E-state index in [1.807, 2.05) is 0 Å². The standard InChI is InChI=1S/BH4.Ce.3ClH.Na/h1H4;;3*1H;/q-1;+3;;;;+1/p-3. The van der Waals surface area contributed by atoms with E-state index in [-0.39, 0.29) is 117 Å². The summed E-state index contributed by atoms with van der Waals surface area (Å²) in [6, 6.07) is 0. The van der Waals surface area contributed by atoms with Crippen LogP contribution >= 0.6 is 0 Å². The van der Waals surface area contributed by atoms with Crippen molar-refractivity contribution in [3.63, 3.8) is 0 Å². The topological polar surface area (TPSA) is 0 Å². The van der Waals surface area contributed by atoms with Gasteiger partial charge >= 0.3 is 71.3 Å². The average Bonchev–Trinajstić information content (AvgIpc) is 0. The molecule has 0 aromatic rings. The molecule has 0 saturated carbocycles. The van der Waals surface area contributed by atoms with Crippen LogP contribution in [0.15, 0.2) is 0 Å². The summed E-state index contributed by atoms with van der Waals surface area (Å²) in [6.07, 6.45) is 0. The van der Waals surface area contributed by atoms with Crippen molar-refractivity contribution in [3.05, 3.63) is 0 Å². The van der Waals surface area contributed by atoms with Crippen LogP contribution in [0, 0.1) is 41.7 Å². The fraction of sp³-hybridized carbons (Fsp3) is 0. The van der Waals surface area contributed by atoms with E-state index in [0.29, 0.717) is 0 Å². The number of halogens is 3. The van der Waals surface area contributed by atoms with Gasteiger partial charge in [-0.3, -0.25) is 0 Å². The summed E-state index contributed by atoms with van der Waals surface area (Å²) < 4.78 is 0. The zero-order chi connectivity index (χ0) is 0. The van der Waals surface area contributed by atoms with Gasteiger partial charge in [-0.1, -0.05) is 8.41 Å². The molecule has 0 rings (SSSR count). The minimum atomic E-state index is 0. The van der Waals surface area contributed by atoms with Gasteiger partial charge in [-0.2, -0.15) is 0 Å². The van der Waals surface area contributed by atoms with Crippen LogP contribution in [-0.4, -0.2) is 8.41 Å². The first kappa shape index (κ1) is 58.7. The van der Waals surface area contributed by atoms with E-state index in [1.54, 1.807) is 0 Å². The van der Waals surface area contributed by atoms with Gasteiger partial charge in [0.2, 0.25) is 0 Å². The molecule has 0 spiro atoms. The van der Waals surface area contributed by atoms with E-state index in [0.717, 1.165) is 0 Å². The molecule has 0 amide bonds. The van der Waals surface area contributed by atoms with Crippen LogP contribution in [0.2, 0.25) is 0 Å². The first-order valence-electron chi connectivity index (χ1n) is 0. The Kier molecular flexibility index (Phi) is 396. The van der Waals surface area contributed by atoms with Gasteiger partial charge in [0.1, 0.15) is 0 Å². The fourth-order valence-corrected chi connectivity index (χ4v) is 0. The molecule has 0 aliphatic heterocycles. The third-order valence-corrected chi connectivity index (χ3v) is 0. The monoisotopic (exact) mass is 283 g/mol. The molecule has 0 N–H and O–H groups in total. The molecular weight excluding hydrogens is 280 g/mol. The van der Waals surface area contributed by atoms with Crippen molar-refractivity contribution in [2.24, 2.45) is 0 Å². The number of rotatable bonds is 0. The Labute approximate surface area is 114 Å². The zero-order valence-electron chi connectivity index (χ0n) is 2.63. The summed E-state index contributed by atoms with van der Waals surface area (Å²) in [5, 5.41) is 0. The molecule has 0 aliphatic carbocycles. The van der Waals surface area contributed by atoms with Crippen molar-refractivity contribution in [1.82, 2.24) is 0 Å². The van der Waals surface area contributed by atoms with Crippen LogP contribution in [0.1, 0.15) is 0 Å². The smallest absolute Gasteiger partial charge is 1.00 e. The van der Waals surface area contributed by atoms with Gasteiger partial charge in [0.05, 0.1) is 0 Å². The van der Waals surface area contributed by atoms with Crippen molar-refractivity contribution in [2.75, 3.05) is 0 Å². The van der Waals surface area contributed by atoms with Crippen LogP contribution in [0.5, 0.6) is 0 Å². The Morgan fingerprint density at radius 2 is 0.667 bits per heavy atom. The minimum absolute atomic E-state index is 0. The minimum Gasteiger partial charge on any atom is -1.00 e. The Hall–Kier alpha value is 3.31. The summed E-state index contributed by atoms with van der Waals surface area (Å²) in [5.74, 6) is 0. The predicted octanol–water partition coefficient (Wildman–Crippen LogP) is -13.4. The Morgan fingerprint density at radius 3 is 0.667 bits per heavy atom. The molecule has 33 valence electrons. The van der Waals surface area contributed by atoms with Crippen LogP contribution in [0.3, 0.4) is 0 Å². The van der Waals surface area contributed by atoms with E-state index in [2.05, 4.69) is 0 Å². The second kappa shape index (κ2) is 40.5. The van der Waals surface area contributed by atoms with Crippen molar-refractivity contribution < 1.29 is 109 Å². The van der Waals surface area contributed by atoms with Crippen LogP contribution in [-0.2, 0) is 0 Å². The third kappa shape index (κ3) is 26.6. The van der Waals surface area contributed by atoms with Gasteiger partial charge in [-0.15, -0.1) is 0 Å². The van der Waals surface area contributed by atoms with E-state index in [1.165, 1.54) is 0 Å². The molecule has 0 fully saturated rings. The molecule has 1 radical (unpaired) electrons. The molecule has 0 bridgehead atoms. The molecular formula is H4BCeCl3Na. The van der Waals surface area contributed by atoms with E-state index >= 15 is 0 Å². The first-order chi connectivity index (χ1) is 0. The van der Waals surface area contributed by atoms with Crippen molar-refractivity contribution in [2.45, 2.75) is 0 Å². The Bertz CT molecular complexity index is 10.8. The summed E-state index contributed by atoms with van der Waals surface area (Å²) >= 11 is 0. The maximum atomic E-state index is 0. The summed E-state index contributed by atoms with van der Waals surface area (Å²) in [4.78, 5) is 0. The Morgan fingerprint density at radius 1 is 0.667 bits per heavy atom. The Balaban J connectivity index is 0. The molecule has 0 aromatic heterocycles. The van der Waals surface area contributed by atoms with Gasteiger partial charge in [0.25, 0.3) is 0 Å². The molecule has 0 saturated heterocycles. The molecule has 0 nitrogen and oxygen atoms in total. The fourth-order valence-electron chi connectivity index (χ4n) is 0. The third-order valence-electron chi connectivity index (χ3n) is 0. The summed E-state index contributed by atoms with van der Waals surface area (Å²) in [7, 11) is 0. The molecule has 6 heteroatoms. The van der Waals surface area contributed by atoms with Gasteiger partial charge in [-0.25, -0.2) is 0 Å². The predicted molar refractivity (Wildman–Crippen MR) is 11.3 cm³/mol. The summed E-state index contributed by atoms with van der Waals surface area (Å²) in [5.41, 5.74) is 0. The van der Waals surface area contributed by atoms with Gasteiger partial charge < -0.3 is 37.2 Å². The molecule has 0 aliphatic rings. The van der Waals surface area contributed by atoms with Crippen molar-refractivity contribution in [3.8, 4) is 0 Å². The maximum absolute atomic E-state index is 0. The molecule has 0 unspecified atom stereocenters. The largest absolute Gasteiger partial charge is 3.00 e. The SMILES string of the molecule is [BH4-].[Ce+3].[Cl-].[Cl-].[Cl-].[Na+]. The average molecular weight is 284 g/mol. The number of hydrogen-bond donors (Lipinski definition) is 0. The molecule has 0 heterocycles. The van der Waals surface area contributed by atoms with Gasteiger partial charge in [0, 0.05) is 0 Å². The van der Waals surface area contributed by atoms with Crippen molar-refractivity contribution >= 4 is 8.41 Å². The first-order valence-corrected chi connectivity index (χ1v) is 0.